The molecule has 128 valence electrons. The molecule has 0 aliphatic carbocycles. The van der Waals surface area contributed by atoms with Crippen LogP contribution in [-0.2, 0) is 4.74 Å². The fourth-order valence-corrected chi connectivity index (χ4v) is 2.74. The molecule has 1 heteroatoms. The molecule has 0 aromatic heterocycles. The largest absolute Gasteiger partial charge is 0.381 e. The van der Waals surface area contributed by atoms with Crippen molar-refractivity contribution in [2.24, 2.45) is 5.41 Å². The van der Waals surface area contributed by atoms with Crippen LogP contribution in [0.2, 0.25) is 0 Å². The van der Waals surface area contributed by atoms with Gasteiger partial charge in [0, 0.05) is 13.2 Å². The Morgan fingerprint density at radius 1 is 1.05 bits per heavy atom. The van der Waals surface area contributed by atoms with Crippen molar-refractivity contribution in [2.75, 3.05) is 13.2 Å². The maximum atomic E-state index is 5.31. The minimum absolute atomic E-state index is 0.604. The molecule has 1 unspecified atom stereocenters. The highest BCUT2D eigenvalue weighted by Gasteiger charge is 2.25. The van der Waals surface area contributed by atoms with Crippen LogP contribution in [0.15, 0.2) is 30.3 Å². The second-order valence-corrected chi connectivity index (χ2v) is 6.39. The Bertz CT molecular complexity index is 333. The first-order valence-electron chi connectivity index (χ1n) is 9.24. The van der Waals surface area contributed by atoms with Gasteiger partial charge >= 0.3 is 0 Å². The fourth-order valence-electron chi connectivity index (χ4n) is 2.74. The first-order chi connectivity index (χ1) is 10.6. The number of hydrogen-bond acceptors (Lipinski definition) is 1. The first-order valence-corrected chi connectivity index (χ1v) is 9.24. The monoisotopic (exact) mass is 306 g/mol. The topological polar surface area (TPSA) is 9.23 Å². The van der Waals surface area contributed by atoms with Crippen LogP contribution in [0.25, 0.3) is 0 Å². The van der Waals surface area contributed by atoms with Gasteiger partial charge in [0.05, 0.1) is 0 Å². The molecule has 2 rings (SSSR count). The molecule has 1 nitrogen and oxygen atoms in total. The van der Waals surface area contributed by atoms with Crippen LogP contribution in [0.5, 0.6) is 0 Å². The van der Waals surface area contributed by atoms with Gasteiger partial charge < -0.3 is 4.74 Å². The van der Waals surface area contributed by atoms with Crippen molar-refractivity contribution in [3.63, 3.8) is 0 Å². The summed E-state index contributed by atoms with van der Waals surface area (Å²) in [6, 6.07) is 10.6. The zero-order valence-corrected chi connectivity index (χ0v) is 15.8. The summed E-state index contributed by atoms with van der Waals surface area (Å²) < 4.78 is 5.31. The van der Waals surface area contributed by atoms with Crippen molar-refractivity contribution < 1.29 is 4.74 Å². The fraction of sp³-hybridized carbons (Fsp3) is 0.714. The highest BCUT2D eigenvalue weighted by molar-refractivity contribution is 5.18. The van der Waals surface area contributed by atoms with Gasteiger partial charge in [-0.25, -0.2) is 0 Å². The third-order valence-corrected chi connectivity index (χ3v) is 4.53. The van der Waals surface area contributed by atoms with Gasteiger partial charge in [-0.05, 0) is 42.6 Å². The van der Waals surface area contributed by atoms with Crippen LogP contribution in [0.3, 0.4) is 0 Å². The molecule has 0 radical (unpaired) electrons. The van der Waals surface area contributed by atoms with Gasteiger partial charge in [0.1, 0.15) is 0 Å². The van der Waals surface area contributed by atoms with Gasteiger partial charge in [-0.1, -0.05) is 78.3 Å². The average Bonchev–Trinajstić information content (AvgIpc) is 2.58. The molecule has 0 saturated carbocycles. The highest BCUT2D eigenvalue weighted by atomic mass is 16.5. The predicted molar refractivity (Wildman–Crippen MR) is 99.6 cm³/mol. The second kappa shape index (κ2) is 12.7. The first kappa shape index (κ1) is 21.2. The summed E-state index contributed by atoms with van der Waals surface area (Å²) in [6.45, 7) is 15.1. The Balaban J connectivity index is 0.000000360. The van der Waals surface area contributed by atoms with Gasteiger partial charge in [0.2, 0.25) is 0 Å². The van der Waals surface area contributed by atoms with E-state index < -0.39 is 0 Å². The average molecular weight is 307 g/mol. The molecule has 1 aromatic carbocycles. The number of hydrogen-bond donors (Lipinski definition) is 0. The van der Waals surface area contributed by atoms with E-state index in [1.165, 1.54) is 37.7 Å². The molecule has 1 atom stereocenters. The normalized spacial score (nSPS) is 17.4. The van der Waals surface area contributed by atoms with Crippen LogP contribution < -0.4 is 0 Å². The van der Waals surface area contributed by atoms with E-state index in [4.69, 9.17) is 4.74 Å². The van der Waals surface area contributed by atoms with Gasteiger partial charge in [-0.2, -0.15) is 0 Å². The van der Waals surface area contributed by atoms with E-state index in [0.717, 1.165) is 13.2 Å². The van der Waals surface area contributed by atoms with Gasteiger partial charge in [-0.15, -0.1) is 0 Å². The summed E-state index contributed by atoms with van der Waals surface area (Å²) in [5.41, 5.74) is 2.05. The van der Waals surface area contributed by atoms with Gasteiger partial charge in [-0.3, -0.25) is 0 Å². The van der Waals surface area contributed by atoms with Crippen molar-refractivity contribution in [2.45, 2.75) is 79.6 Å². The van der Waals surface area contributed by atoms with Crippen molar-refractivity contribution in [3.05, 3.63) is 35.9 Å². The molecular weight excluding hydrogens is 268 g/mol. The summed E-state index contributed by atoms with van der Waals surface area (Å²) in [7, 11) is 0. The minimum Gasteiger partial charge on any atom is -0.381 e. The number of ether oxygens (including phenoxy) is 1. The maximum absolute atomic E-state index is 5.31. The summed E-state index contributed by atoms with van der Waals surface area (Å²) in [5, 5.41) is 0. The number of rotatable bonds is 4. The molecular formula is C21H38O. The van der Waals surface area contributed by atoms with E-state index in [1.807, 2.05) is 13.8 Å². The molecule has 1 aliphatic heterocycles. The molecule has 1 aliphatic rings. The quantitative estimate of drug-likeness (QED) is 0.592. The standard InChI is InChI=1S/C10H14.C9H18O.C2H6/c1-3-9(2)10-7-5-4-6-8-10;1-3-4-9(2)5-7-10-8-6-9;1-2/h4-9H,3H2,1-2H3;3-8H2,1-2H3;1-2H3. The molecule has 1 fully saturated rings. The smallest absolute Gasteiger partial charge is 0.0471 e. The molecule has 0 N–H and O–H groups in total. The predicted octanol–water partition coefficient (Wildman–Crippen LogP) is 6.83. The Labute approximate surface area is 139 Å². The van der Waals surface area contributed by atoms with E-state index in [9.17, 15) is 0 Å². The third-order valence-electron chi connectivity index (χ3n) is 4.53. The van der Waals surface area contributed by atoms with E-state index in [-0.39, 0.29) is 0 Å². The Hall–Kier alpha value is -0.820. The Morgan fingerprint density at radius 3 is 2.05 bits per heavy atom. The van der Waals surface area contributed by atoms with Crippen molar-refractivity contribution in [3.8, 4) is 0 Å². The minimum atomic E-state index is 0.604. The van der Waals surface area contributed by atoms with Crippen LogP contribution in [0.4, 0.5) is 0 Å². The van der Waals surface area contributed by atoms with Crippen molar-refractivity contribution >= 4 is 0 Å². The number of benzene rings is 1. The SMILES string of the molecule is CC.CCC(C)c1ccccc1.CCCC1(C)CCOCC1. The molecule has 1 aromatic rings. The van der Waals surface area contributed by atoms with E-state index >= 15 is 0 Å². The van der Waals surface area contributed by atoms with Crippen molar-refractivity contribution in [1.82, 2.24) is 0 Å². The zero-order chi connectivity index (χ0) is 16.8. The lowest BCUT2D eigenvalue weighted by atomic mass is 9.79. The second-order valence-electron chi connectivity index (χ2n) is 6.39. The van der Waals surface area contributed by atoms with Crippen LogP contribution in [0, 0.1) is 5.41 Å². The van der Waals surface area contributed by atoms with E-state index in [1.54, 1.807) is 0 Å². The van der Waals surface area contributed by atoms with E-state index in [2.05, 4.69) is 58.0 Å². The Kier molecular flexibility index (Phi) is 12.2. The maximum Gasteiger partial charge on any atom is 0.0471 e. The zero-order valence-electron chi connectivity index (χ0n) is 15.8. The lowest BCUT2D eigenvalue weighted by molar-refractivity contribution is 0.0195. The van der Waals surface area contributed by atoms with Gasteiger partial charge in [0.15, 0.2) is 0 Å². The third kappa shape index (κ3) is 8.58. The summed E-state index contributed by atoms with van der Waals surface area (Å²) in [4.78, 5) is 0. The van der Waals surface area contributed by atoms with Crippen LogP contribution >= 0.6 is 0 Å². The molecule has 1 heterocycles. The van der Waals surface area contributed by atoms with Crippen molar-refractivity contribution in [1.29, 1.82) is 0 Å². The lowest BCUT2D eigenvalue weighted by Crippen LogP contribution is -2.26. The summed E-state index contributed by atoms with van der Waals surface area (Å²) >= 11 is 0. The van der Waals surface area contributed by atoms with E-state index in [0.29, 0.717) is 11.3 Å². The summed E-state index contributed by atoms with van der Waals surface area (Å²) in [5.74, 6) is 0.709. The van der Waals surface area contributed by atoms with Crippen LogP contribution in [-0.4, -0.2) is 13.2 Å². The lowest BCUT2D eigenvalue weighted by Gasteiger charge is -2.33. The highest BCUT2D eigenvalue weighted by Crippen LogP contribution is 2.34. The molecule has 1 saturated heterocycles. The van der Waals surface area contributed by atoms with Crippen LogP contribution in [0.1, 0.15) is 85.1 Å². The molecule has 0 spiro atoms. The molecule has 22 heavy (non-hydrogen) atoms. The summed E-state index contributed by atoms with van der Waals surface area (Å²) in [6.07, 6.45) is 6.44. The molecule has 0 amide bonds. The molecule has 0 bridgehead atoms. The Morgan fingerprint density at radius 2 is 1.59 bits per heavy atom. The van der Waals surface area contributed by atoms with Gasteiger partial charge in [0.25, 0.3) is 0 Å².